The molecule has 0 saturated heterocycles. The predicted molar refractivity (Wildman–Crippen MR) is 74.5 cm³/mol. The Bertz CT molecular complexity index is 612. The summed E-state index contributed by atoms with van der Waals surface area (Å²) in [5, 5.41) is 18.6. The van der Waals surface area contributed by atoms with Crippen molar-refractivity contribution >= 4 is 27.6 Å². The zero-order valence-electron chi connectivity index (χ0n) is 11.1. The van der Waals surface area contributed by atoms with Crippen LogP contribution < -0.4 is 4.72 Å². The van der Waals surface area contributed by atoms with E-state index in [4.69, 9.17) is 16.7 Å². The average Bonchev–Trinajstić information content (AvgIpc) is 2.37. The van der Waals surface area contributed by atoms with Crippen LogP contribution in [0.3, 0.4) is 0 Å². The molecule has 1 aromatic rings. The molecule has 112 valence electrons. The molecule has 6 nitrogen and oxygen atoms in total. The molecule has 0 heterocycles. The molecule has 0 aliphatic heterocycles. The van der Waals surface area contributed by atoms with Crippen LogP contribution in [-0.2, 0) is 10.0 Å². The van der Waals surface area contributed by atoms with Crippen LogP contribution in [0.1, 0.15) is 30.6 Å². The Morgan fingerprint density at radius 1 is 1.45 bits per heavy atom. The van der Waals surface area contributed by atoms with Gasteiger partial charge in [0.1, 0.15) is 4.90 Å². The molecule has 0 amide bonds. The molecule has 0 radical (unpaired) electrons. The lowest BCUT2D eigenvalue weighted by atomic mass is 10.1. The third-order valence-electron chi connectivity index (χ3n) is 2.87. The zero-order chi connectivity index (χ0) is 15.6. The number of carboxylic acid groups (broad SMARTS) is 1. The molecule has 20 heavy (non-hydrogen) atoms. The van der Waals surface area contributed by atoms with Gasteiger partial charge in [-0.1, -0.05) is 18.5 Å². The zero-order valence-corrected chi connectivity index (χ0v) is 12.6. The molecule has 0 spiro atoms. The lowest BCUT2D eigenvalue weighted by Crippen LogP contribution is -2.40. The van der Waals surface area contributed by atoms with E-state index >= 15 is 0 Å². The van der Waals surface area contributed by atoms with Crippen molar-refractivity contribution in [3.63, 3.8) is 0 Å². The van der Waals surface area contributed by atoms with Crippen molar-refractivity contribution in [3.05, 3.63) is 28.8 Å². The second-order valence-electron chi connectivity index (χ2n) is 4.63. The quantitative estimate of drug-likeness (QED) is 0.736. The molecule has 0 saturated carbocycles. The Morgan fingerprint density at radius 2 is 2.05 bits per heavy atom. The van der Waals surface area contributed by atoms with Gasteiger partial charge in [0.2, 0.25) is 10.0 Å². The van der Waals surface area contributed by atoms with Crippen molar-refractivity contribution in [2.24, 2.45) is 0 Å². The first-order valence-corrected chi connectivity index (χ1v) is 7.70. The number of aromatic carboxylic acids is 1. The Kier molecular flexibility index (Phi) is 5.15. The molecule has 1 rings (SSSR count). The topological polar surface area (TPSA) is 104 Å². The van der Waals surface area contributed by atoms with Crippen LogP contribution in [0.4, 0.5) is 0 Å². The van der Waals surface area contributed by atoms with Gasteiger partial charge in [-0.2, -0.15) is 0 Å². The molecule has 3 N–H and O–H groups in total. The summed E-state index contributed by atoms with van der Waals surface area (Å²) in [6, 6.07) is 3.40. The maximum absolute atomic E-state index is 12.1. The highest BCUT2D eigenvalue weighted by atomic mass is 35.5. The Balaban J connectivity index is 3.09. The van der Waals surface area contributed by atoms with E-state index in [2.05, 4.69) is 4.72 Å². The summed E-state index contributed by atoms with van der Waals surface area (Å²) >= 11 is 5.79. The second-order valence-corrected chi connectivity index (χ2v) is 6.77. The van der Waals surface area contributed by atoms with E-state index in [1.165, 1.54) is 19.1 Å². The van der Waals surface area contributed by atoms with Crippen LogP contribution in [0.2, 0.25) is 5.02 Å². The first-order valence-electron chi connectivity index (χ1n) is 5.84. The highest BCUT2D eigenvalue weighted by molar-refractivity contribution is 7.89. The second kappa shape index (κ2) is 6.09. The molecule has 0 aromatic heterocycles. The molecule has 1 aromatic carbocycles. The van der Waals surface area contributed by atoms with E-state index in [1.54, 1.807) is 6.92 Å². The number of hydrogen-bond acceptors (Lipinski definition) is 4. The molecule has 0 bridgehead atoms. The molecule has 8 heteroatoms. The number of benzene rings is 1. The number of carboxylic acids is 1. The summed E-state index contributed by atoms with van der Waals surface area (Å²) in [6.07, 6.45) is 0.360. The minimum Gasteiger partial charge on any atom is -0.478 e. The fourth-order valence-corrected chi connectivity index (χ4v) is 2.98. The number of halogens is 1. The minimum atomic E-state index is -4.00. The standard InChI is InChI=1S/C12H16ClNO5S/c1-3-12(2,17)7-14-20(18,19)10-6-8(11(15)16)4-5-9(10)13/h4-6,14,17H,3,7H2,1-2H3,(H,15,16). The third kappa shape index (κ3) is 4.17. The van der Waals surface area contributed by atoms with Crippen molar-refractivity contribution in [2.75, 3.05) is 6.54 Å². The monoisotopic (exact) mass is 321 g/mol. The summed E-state index contributed by atoms with van der Waals surface area (Å²) in [7, 11) is -4.00. The number of aliphatic hydroxyl groups is 1. The van der Waals surface area contributed by atoms with E-state index in [-0.39, 0.29) is 22.0 Å². The maximum atomic E-state index is 12.1. The lowest BCUT2D eigenvalue weighted by Gasteiger charge is -2.21. The summed E-state index contributed by atoms with van der Waals surface area (Å²) in [6.45, 7) is 3.01. The number of sulfonamides is 1. The third-order valence-corrected chi connectivity index (χ3v) is 4.76. The first kappa shape index (κ1) is 16.9. The van der Waals surface area contributed by atoms with E-state index in [9.17, 15) is 18.3 Å². The van der Waals surface area contributed by atoms with Crippen LogP contribution in [-0.4, -0.2) is 36.7 Å². The fourth-order valence-electron chi connectivity index (χ4n) is 1.30. The van der Waals surface area contributed by atoms with Gasteiger partial charge in [0, 0.05) is 6.54 Å². The van der Waals surface area contributed by atoms with Crippen molar-refractivity contribution in [1.82, 2.24) is 4.72 Å². The van der Waals surface area contributed by atoms with Crippen LogP contribution in [0.5, 0.6) is 0 Å². The van der Waals surface area contributed by atoms with Gasteiger partial charge in [-0.15, -0.1) is 0 Å². The van der Waals surface area contributed by atoms with Gasteiger partial charge < -0.3 is 10.2 Å². The Hall–Kier alpha value is -1.15. The first-order chi connectivity index (χ1) is 9.09. The smallest absolute Gasteiger partial charge is 0.335 e. The summed E-state index contributed by atoms with van der Waals surface area (Å²) in [5.41, 5.74) is -1.37. The molecular weight excluding hydrogens is 306 g/mol. The van der Waals surface area contributed by atoms with Gasteiger partial charge in [0.25, 0.3) is 0 Å². The van der Waals surface area contributed by atoms with Crippen molar-refractivity contribution in [3.8, 4) is 0 Å². The van der Waals surface area contributed by atoms with Crippen molar-refractivity contribution in [1.29, 1.82) is 0 Å². The largest absolute Gasteiger partial charge is 0.478 e. The molecule has 0 aliphatic rings. The number of rotatable bonds is 6. The van der Waals surface area contributed by atoms with Crippen LogP contribution in [0, 0.1) is 0 Å². The summed E-state index contributed by atoms with van der Waals surface area (Å²) in [5.74, 6) is -1.25. The van der Waals surface area contributed by atoms with E-state index in [1.807, 2.05) is 0 Å². The van der Waals surface area contributed by atoms with Crippen LogP contribution in [0.25, 0.3) is 0 Å². The van der Waals surface area contributed by atoms with Gasteiger partial charge in [-0.3, -0.25) is 0 Å². The average molecular weight is 322 g/mol. The van der Waals surface area contributed by atoms with Crippen LogP contribution >= 0.6 is 11.6 Å². The predicted octanol–water partition coefficient (Wildman–Crippen LogP) is 1.48. The molecule has 1 unspecified atom stereocenters. The Labute approximate surface area is 122 Å². The molecule has 1 atom stereocenters. The lowest BCUT2D eigenvalue weighted by molar-refractivity contribution is 0.0613. The maximum Gasteiger partial charge on any atom is 0.335 e. The van der Waals surface area contributed by atoms with Crippen molar-refractivity contribution < 1.29 is 23.4 Å². The summed E-state index contributed by atoms with van der Waals surface area (Å²) in [4.78, 5) is 10.5. The number of carbonyl (C=O) groups is 1. The molecule has 0 fully saturated rings. The fraction of sp³-hybridized carbons (Fsp3) is 0.417. The van der Waals surface area contributed by atoms with Gasteiger partial charge in [-0.05, 0) is 31.5 Å². The van der Waals surface area contributed by atoms with Crippen molar-refractivity contribution in [2.45, 2.75) is 30.8 Å². The van der Waals surface area contributed by atoms with Crippen LogP contribution in [0.15, 0.2) is 23.1 Å². The number of nitrogens with one attached hydrogen (secondary N) is 1. The normalized spacial score (nSPS) is 14.8. The SMILES string of the molecule is CCC(C)(O)CNS(=O)(=O)c1cc(C(=O)O)ccc1Cl. The summed E-state index contributed by atoms with van der Waals surface area (Å²) < 4.78 is 26.4. The van der Waals surface area contributed by atoms with E-state index in [0.717, 1.165) is 6.07 Å². The van der Waals surface area contributed by atoms with E-state index in [0.29, 0.717) is 6.42 Å². The van der Waals surface area contributed by atoms with Gasteiger partial charge >= 0.3 is 5.97 Å². The van der Waals surface area contributed by atoms with Gasteiger partial charge in [-0.25, -0.2) is 17.9 Å². The minimum absolute atomic E-state index is 0.0846. The molecule has 0 aliphatic carbocycles. The number of hydrogen-bond donors (Lipinski definition) is 3. The highest BCUT2D eigenvalue weighted by Crippen LogP contribution is 2.23. The van der Waals surface area contributed by atoms with E-state index < -0.39 is 21.6 Å². The molecular formula is C12H16ClNO5S. The highest BCUT2D eigenvalue weighted by Gasteiger charge is 2.24. The van der Waals surface area contributed by atoms with Gasteiger partial charge in [0.05, 0.1) is 16.2 Å². The Morgan fingerprint density at radius 3 is 2.55 bits per heavy atom. The van der Waals surface area contributed by atoms with Gasteiger partial charge in [0.15, 0.2) is 0 Å².